The minimum atomic E-state index is 0.227. The number of nitrogens with one attached hydrogen (secondary N) is 1. The van der Waals surface area contributed by atoms with E-state index in [0.717, 1.165) is 13.0 Å². The highest BCUT2D eigenvalue weighted by Crippen LogP contribution is 2.05. The van der Waals surface area contributed by atoms with Crippen LogP contribution in [0, 0.1) is 6.92 Å². The third kappa shape index (κ3) is 4.96. The lowest BCUT2D eigenvalue weighted by Crippen LogP contribution is -2.37. The lowest BCUT2D eigenvalue weighted by atomic mass is 10.1. The minimum Gasteiger partial charge on any atom is -0.327 e. The molecule has 84 valence electrons. The molecule has 0 fully saturated rings. The predicted octanol–water partition coefficient (Wildman–Crippen LogP) is 1.86. The molecule has 0 radical (unpaired) electrons. The Kier molecular flexibility index (Phi) is 4.79. The second kappa shape index (κ2) is 5.89. The van der Waals surface area contributed by atoms with Gasteiger partial charge in [-0.1, -0.05) is 29.8 Å². The summed E-state index contributed by atoms with van der Waals surface area (Å²) in [7, 11) is 0. The maximum Gasteiger partial charge on any atom is 0.0136 e. The Morgan fingerprint density at radius 3 is 2.33 bits per heavy atom. The molecule has 0 aliphatic heterocycles. The van der Waals surface area contributed by atoms with Gasteiger partial charge >= 0.3 is 0 Å². The third-order valence-corrected chi connectivity index (χ3v) is 2.45. The Morgan fingerprint density at radius 1 is 1.20 bits per heavy atom. The Balaban J connectivity index is 2.37. The zero-order valence-electron chi connectivity index (χ0n) is 9.96. The summed E-state index contributed by atoms with van der Waals surface area (Å²) in [6.45, 7) is 7.21. The van der Waals surface area contributed by atoms with Crippen LogP contribution in [-0.2, 0) is 6.42 Å². The van der Waals surface area contributed by atoms with Gasteiger partial charge in [-0.2, -0.15) is 0 Å². The summed E-state index contributed by atoms with van der Waals surface area (Å²) in [4.78, 5) is 0. The first-order chi connectivity index (χ1) is 7.08. The molecule has 1 aromatic rings. The van der Waals surface area contributed by atoms with Gasteiger partial charge in [-0.25, -0.2) is 0 Å². The number of aryl methyl sites for hydroxylation is 1. The first-order valence-corrected chi connectivity index (χ1v) is 5.62. The monoisotopic (exact) mass is 206 g/mol. The third-order valence-electron chi connectivity index (χ3n) is 2.45. The van der Waals surface area contributed by atoms with Crippen LogP contribution in [-0.4, -0.2) is 18.6 Å². The fourth-order valence-electron chi connectivity index (χ4n) is 1.54. The van der Waals surface area contributed by atoms with Gasteiger partial charge in [0.15, 0.2) is 0 Å². The lowest BCUT2D eigenvalue weighted by molar-refractivity contribution is 0.514. The topological polar surface area (TPSA) is 38.0 Å². The van der Waals surface area contributed by atoms with Crippen LogP contribution < -0.4 is 11.1 Å². The summed E-state index contributed by atoms with van der Waals surface area (Å²) in [5.41, 5.74) is 8.39. The van der Waals surface area contributed by atoms with Crippen molar-refractivity contribution < 1.29 is 0 Å². The van der Waals surface area contributed by atoms with E-state index < -0.39 is 0 Å². The van der Waals surface area contributed by atoms with E-state index >= 15 is 0 Å². The van der Waals surface area contributed by atoms with E-state index in [0.29, 0.717) is 6.04 Å². The van der Waals surface area contributed by atoms with E-state index in [1.54, 1.807) is 0 Å². The molecule has 0 amide bonds. The highest BCUT2D eigenvalue weighted by molar-refractivity contribution is 5.21. The fourth-order valence-corrected chi connectivity index (χ4v) is 1.54. The van der Waals surface area contributed by atoms with Crippen molar-refractivity contribution in [2.24, 2.45) is 5.73 Å². The standard InChI is InChI=1S/C13H22N2/c1-10-4-6-13(7-5-10)8-12(3)15-9-11(2)14/h4-7,11-12,15H,8-9,14H2,1-3H3. The van der Waals surface area contributed by atoms with Gasteiger partial charge in [0.1, 0.15) is 0 Å². The van der Waals surface area contributed by atoms with Crippen LogP contribution in [0.25, 0.3) is 0 Å². The van der Waals surface area contributed by atoms with Crippen molar-refractivity contribution in [1.29, 1.82) is 0 Å². The lowest BCUT2D eigenvalue weighted by Gasteiger charge is -2.15. The molecule has 0 heterocycles. The van der Waals surface area contributed by atoms with Crippen molar-refractivity contribution in [2.75, 3.05) is 6.54 Å². The van der Waals surface area contributed by atoms with E-state index in [-0.39, 0.29) is 6.04 Å². The first-order valence-electron chi connectivity index (χ1n) is 5.62. The number of nitrogens with two attached hydrogens (primary N) is 1. The SMILES string of the molecule is Cc1ccc(CC(C)NCC(C)N)cc1. The summed E-state index contributed by atoms with van der Waals surface area (Å²) in [6.07, 6.45) is 1.06. The van der Waals surface area contributed by atoms with E-state index in [1.165, 1.54) is 11.1 Å². The fraction of sp³-hybridized carbons (Fsp3) is 0.538. The van der Waals surface area contributed by atoms with Gasteiger partial charge in [-0.3, -0.25) is 0 Å². The Hall–Kier alpha value is -0.860. The average molecular weight is 206 g/mol. The van der Waals surface area contributed by atoms with E-state index in [2.05, 4.69) is 43.4 Å². The molecule has 0 aliphatic rings. The zero-order valence-corrected chi connectivity index (χ0v) is 9.96. The molecule has 1 rings (SSSR count). The quantitative estimate of drug-likeness (QED) is 0.772. The molecule has 2 atom stereocenters. The second-order valence-electron chi connectivity index (χ2n) is 4.48. The summed E-state index contributed by atoms with van der Waals surface area (Å²) < 4.78 is 0. The molecule has 1 aromatic carbocycles. The summed E-state index contributed by atoms with van der Waals surface area (Å²) in [5, 5.41) is 3.42. The molecule has 0 aromatic heterocycles. The molecule has 2 nitrogen and oxygen atoms in total. The Bertz CT molecular complexity index is 277. The second-order valence-corrected chi connectivity index (χ2v) is 4.48. The number of hydrogen-bond donors (Lipinski definition) is 2. The minimum absolute atomic E-state index is 0.227. The van der Waals surface area contributed by atoms with Crippen molar-refractivity contribution in [1.82, 2.24) is 5.32 Å². The normalized spacial score (nSPS) is 14.9. The van der Waals surface area contributed by atoms with Crippen molar-refractivity contribution in [3.63, 3.8) is 0 Å². The van der Waals surface area contributed by atoms with Crippen molar-refractivity contribution in [2.45, 2.75) is 39.3 Å². The van der Waals surface area contributed by atoms with Gasteiger partial charge in [-0.15, -0.1) is 0 Å². The first kappa shape index (κ1) is 12.2. The average Bonchev–Trinajstić information content (AvgIpc) is 2.19. The number of benzene rings is 1. The maximum atomic E-state index is 5.69. The highest BCUT2D eigenvalue weighted by atomic mass is 14.9. The van der Waals surface area contributed by atoms with Crippen LogP contribution in [0.5, 0.6) is 0 Å². The van der Waals surface area contributed by atoms with E-state index in [4.69, 9.17) is 5.73 Å². The molecule has 15 heavy (non-hydrogen) atoms. The highest BCUT2D eigenvalue weighted by Gasteiger charge is 2.03. The van der Waals surface area contributed by atoms with Gasteiger partial charge in [0.2, 0.25) is 0 Å². The van der Waals surface area contributed by atoms with Crippen LogP contribution in [0.2, 0.25) is 0 Å². The predicted molar refractivity (Wildman–Crippen MR) is 66.0 cm³/mol. The zero-order chi connectivity index (χ0) is 11.3. The Labute approximate surface area is 92.9 Å². The van der Waals surface area contributed by atoms with Crippen LogP contribution in [0.1, 0.15) is 25.0 Å². The van der Waals surface area contributed by atoms with E-state index in [9.17, 15) is 0 Å². The molecule has 0 spiro atoms. The molecule has 0 aliphatic carbocycles. The van der Waals surface area contributed by atoms with Crippen molar-refractivity contribution >= 4 is 0 Å². The molecule has 0 saturated carbocycles. The van der Waals surface area contributed by atoms with Gasteiger partial charge in [0, 0.05) is 18.6 Å². The van der Waals surface area contributed by atoms with Crippen LogP contribution in [0.3, 0.4) is 0 Å². The molecule has 0 saturated heterocycles. The molecule has 2 heteroatoms. The number of hydrogen-bond acceptors (Lipinski definition) is 2. The van der Waals surface area contributed by atoms with Crippen molar-refractivity contribution in [3.05, 3.63) is 35.4 Å². The summed E-state index contributed by atoms with van der Waals surface area (Å²) >= 11 is 0. The maximum absolute atomic E-state index is 5.69. The molecular weight excluding hydrogens is 184 g/mol. The molecule has 3 N–H and O–H groups in total. The van der Waals surface area contributed by atoms with Crippen LogP contribution in [0.15, 0.2) is 24.3 Å². The van der Waals surface area contributed by atoms with Gasteiger partial charge < -0.3 is 11.1 Å². The molecular formula is C13H22N2. The van der Waals surface area contributed by atoms with Crippen LogP contribution >= 0.6 is 0 Å². The largest absolute Gasteiger partial charge is 0.327 e. The van der Waals surface area contributed by atoms with E-state index in [1.807, 2.05) is 6.92 Å². The molecule has 0 bridgehead atoms. The van der Waals surface area contributed by atoms with Gasteiger partial charge in [-0.05, 0) is 32.8 Å². The van der Waals surface area contributed by atoms with Gasteiger partial charge in [0.05, 0.1) is 0 Å². The molecule has 2 unspecified atom stereocenters. The van der Waals surface area contributed by atoms with Gasteiger partial charge in [0.25, 0.3) is 0 Å². The summed E-state index contributed by atoms with van der Waals surface area (Å²) in [6, 6.07) is 9.42. The number of rotatable bonds is 5. The Morgan fingerprint density at radius 2 is 1.80 bits per heavy atom. The van der Waals surface area contributed by atoms with Crippen LogP contribution in [0.4, 0.5) is 0 Å². The smallest absolute Gasteiger partial charge is 0.0136 e. The van der Waals surface area contributed by atoms with Crippen molar-refractivity contribution in [3.8, 4) is 0 Å². The summed E-state index contributed by atoms with van der Waals surface area (Å²) in [5.74, 6) is 0.